The monoisotopic (exact) mass is 340 g/mol. The predicted octanol–water partition coefficient (Wildman–Crippen LogP) is 4.42. The van der Waals surface area contributed by atoms with Crippen molar-refractivity contribution in [2.24, 2.45) is 0 Å². The minimum absolute atomic E-state index is 0.0464. The summed E-state index contributed by atoms with van der Waals surface area (Å²) in [5.41, 5.74) is 1.13. The van der Waals surface area contributed by atoms with Gasteiger partial charge in [0.05, 0.1) is 18.3 Å². The van der Waals surface area contributed by atoms with E-state index in [2.05, 4.69) is 10.6 Å². The fourth-order valence-corrected chi connectivity index (χ4v) is 2.23. The maximum atomic E-state index is 13.5. The molecule has 0 saturated heterocycles. The highest BCUT2D eigenvalue weighted by molar-refractivity contribution is 6.31. The van der Waals surface area contributed by atoms with Gasteiger partial charge < -0.3 is 10.6 Å². The van der Waals surface area contributed by atoms with E-state index in [0.717, 1.165) is 5.56 Å². The fourth-order valence-electron chi connectivity index (χ4n) is 1.94. The molecule has 6 heteroatoms. The number of halogens is 3. The first-order valence-electron chi connectivity index (χ1n) is 6.69. The minimum Gasteiger partial charge on any atom is -0.374 e. The zero-order chi connectivity index (χ0) is 16.1. The Morgan fingerprint density at radius 3 is 2.45 bits per heavy atom. The Morgan fingerprint density at radius 2 is 1.77 bits per heavy atom. The van der Waals surface area contributed by atoms with Crippen LogP contribution in [0.5, 0.6) is 0 Å². The molecule has 0 radical (unpaired) electrons. The maximum Gasteiger partial charge on any atom is 0.239 e. The summed E-state index contributed by atoms with van der Waals surface area (Å²) < 4.78 is 13.5. The Hall–Kier alpha value is -1.78. The molecule has 3 nitrogen and oxygen atoms in total. The highest BCUT2D eigenvalue weighted by Crippen LogP contribution is 2.19. The molecule has 0 bridgehead atoms. The van der Waals surface area contributed by atoms with Crippen LogP contribution in [0.4, 0.5) is 10.1 Å². The van der Waals surface area contributed by atoms with Crippen molar-refractivity contribution in [1.82, 2.24) is 5.32 Å². The topological polar surface area (TPSA) is 41.1 Å². The second-order valence-corrected chi connectivity index (χ2v) is 5.69. The van der Waals surface area contributed by atoms with Gasteiger partial charge in [-0.2, -0.15) is 0 Å². The van der Waals surface area contributed by atoms with Crippen LogP contribution in [-0.4, -0.2) is 12.5 Å². The highest BCUT2D eigenvalue weighted by Gasteiger charge is 2.10. The summed E-state index contributed by atoms with van der Waals surface area (Å²) in [6.07, 6.45) is 0. The number of anilines is 1. The molecule has 0 fully saturated rings. The molecule has 1 atom stereocenters. The summed E-state index contributed by atoms with van der Waals surface area (Å²) in [7, 11) is 0. The molecule has 22 heavy (non-hydrogen) atoms. The van der Waals surface area contributed by atoms with E-state index in [1.807, 2.05) is 19.1 Å². The largest absolute Gasteiger partial charge is 0.374 e. The lowest BCUT2D eigenvalue weighted by Gasteiger charge is -2.15. The van der Waals surface area contributed by atoms with Crippen molar-refractivity contribution in [3.8, 4) is 0 Å². The van der Waals surface area contributed by atoms with Crippen molar-refractivity contribution in [2.75, 3.05) is 11.9 Å². The SMILES string of the molecule is CC(NC(=O)CNc1cc(Cl)ccc1F)c1ccc(Cl)cc1. The van der Waals surface area contributed by atoms with Crippen LogP contribution in [0.25, 0.3) is 0 Å². The number of hydrogen-bond donors (Lipinski definition) is 2. The number of nitrogens with one attached hydrogen (secondary N) is 2. The standard InChI is InChI=1S/C16H15Cl2FN2O/c1-10(11-2-4-12(17)5-3-11)21-16(22)9-20-15-8-13(18)6-7-14(15)19/h2-8,10,20H,9H2,1H3,(H,21,22). The Labute approximate surface area is 138 Å². The lowest BCUT2D eigenvalue weighted by molar-refractivity contribution is -0.120. The van der Waals surface area contributed by atoms with E-state index in [4.69, 9.17) is 23.2 Å². The van der Waals surface area contributed by atoms with Crippen molar-refractivity contribution >= 4 is 34.8 Å². The molecule has 1 amide bonds. The number of carbonyl (C=O) groups excluding carboxylic acids is 1. The minimum atomic E-state index is -0.456. The molecule has 0 spiro atoms. The van der Waals surface area contributed by atoms with E-state index in [-0.39, 0.29) is 24.2 Å². The Balaban J connectivity index is 1.90. The normalized spacial score (nSPS) is 11.8. The van der Waals surface area contributed by atoms with Gasteiger partial charge >= 0.3 is 0 Å². The molecule has 0 saturated carbocycles. The average Bonchev–Trinajstić information content (AvgIpc) is 2.49. The first kappa shape index (κ1) is 16.6. The van der Waals surface area contributed by atoms with Gasteiger partial charge in [-0.3, -0.25) is 4.79 Å². The van der Waals surface area contributed by atoms with E-state index in [0.29, 0.717) is 10.0 Å². The molecule has 0 aromatic heterocycles. The fraction of sp³-hybridized carbons (Fsp3) is 0.188. The summed E-state index contributed by atoms with van der Waals surface area (Å²) in [5, 5.41) is 6.59. The van der Waals surface area contributed by atoms with Crippen molar-refractivity contribution < 1.29 is 9.18 Å². The van der Waals surface area contributed by atoms with Crippen LogP contribution in [0.2, 0.25) is 10.0 Å². The van der Waals surface area contributed by atoms with E-state index in [9.17, 15) is 9.18 Å². The van der Waals surface area contributed by atoms with E-state index >= 15 is 0 Å². The summed E-state index contributed by atoms with van der Waals surface area (Å²) in [5.74, 6) is -0.704. The zero-order valence-electron chi connectivity index (χ0n) is 11.9. The third-order valence-corrected chi connectivity index (χ3v) is 3.60. The Kier molecular flexibility index (Phi) is 5.63. The predicted molar refractivity (Wildman–Crippen MR) is 87.9 cm³/mol. The van der Waals surface area contributed by atoms with Gasteiger partial charge in [0.1, 0.15) is 5.82 Å². The smallest absolute Gasteiger partial charge is 0.239 e. The number of amides is 1. The molecule has 0 aliphatic rings. The molecule has 0 heterocycles. The summed E-state index contributed by atoms with van der Waals surface area (Å²) in [6, 6.07) is 11.2. The number of rotatable bonds is 5. The lowest BCUT2D eigenvalue weighted by atomic mass is 10.1. The van der Waals surface area contributed by atoms with Crippen LogP contribution in [-0.2, 0) is 4.79 Å². The molecular weight excluding hydrogens is 326 g/mol. The van der Waals surface area contributed by atoms with Gasteiger partial charge in [0.25, 0.3) is 0 Å². The van der Waals surface area contributed by atoms with E-state index in [1.165, 1.54) is 18.2 Å². The molecule has 2 rings (SSSR count). The van der Waals surface area contributed by atoms with Crippen LogP contribution in [0.3, 0.4) is 0 Å². The number of benzene rings is 2. The van der Waals surface area contributed by atoms with Crippen LogP contribution >= 0.6 is 23.2 Å². The third kappa shape index (κ3) is 4.61. The van der Waals surface area contributed by atoms with Crippen LogP contribution in [0, 0.1) is 5.82 Å². The number of hydrogen-bond acceptors (Lipinski definition) is 2. The molecular formula is C16H15Cl2FN2O. The van der Waals surface area contributed by atoms with Crippen molar-refractivity contribution in [3.05, 3.63) is 63.9 Å². The van der Waals surface area contributed by atoms with Gasteiger partial charge in [-0.05, 0) is 42.8 Å². The van der Waals surface area contributed by atoms with Crippen LogP contribution in [0.1, 0.15) is 18.5 Å². The molecule has 0 aliphatic heterocycles. The first-order chi connectivity index (χ1) is 10.5. The van der Waals surface area contributed by atoms with Crippen LogP contribution in [0.15, 0.2) is 42.5 Å². The maximum absolute atomic E-state index is 13.5. The van der Waals surface area contributed by atoms with E-state index < -0.39 is 5.82 Å². The molecule has 116 valence electrons. The number of carbonyl (C=O) groups is 1. The van der Waals surface area contributed by atoms with Crippen molar-refractivity contribution in [3.63, 3.8) is 0 Å². The summed E-state index contributed by atoms with van der Waals surface area (Å²) in [4.78, 5) is 11.9. The molecule has 2 N–H and O–H groups in total. The lowest BCUT2D eigenvalue weighted by Crippen LogP contribution is -2.32. The summed E-state index contributed by atoms with van der Waals surface area (Å²) in [6.45, 7) is 1.82. The molecule has 1 unspecified atom stereocenters. The van der Waals surface area contributed by atoms with Crippen molar-refractivity contribution in [1.29, 1.82) is 0 Å². The zero-order valence-corrected chi connectivity index (χ0v) is 13.4. The van der Waals surface area contributed by atoms with Gasteiger partial charge in [-0.1, -0.05) is 35.3 Å². The molecule has 2 aromatic carbocycles. The average molecular weight is 341 g/mol. The van der Waals surface area contributed by atoms with E-state index in [1.54, 1.807) is 12.1 Å². The van der Waals surface area contributed by atoms with Crippen LogP contribution < -0.4 is 10.6 Å². The van der Waals surface area contributed by atoms with Gasteiger partial charge in [0.2, 0.25) is 5.91 Å². The molecule has 0 aliphatic carbocycles. The van der Waals surface area contributed by atoms with Gasteiger partial charge in [0, 0.05) is 10.0 Å². The second-order valence-electron chi connectivity index (χ2n) is 4.82. The van der Waals surface area contributed by atoms with Gasteiger partial charge in [-0.15, -0.1) is 0 Å². The third-order valence-electron chi connectivity index (χ3n) is 3.12. The first-order valence-corrected chi connectivity index (χ1v) is 7.45. The Bertz CT molecular complexity index is 662. The van der Waals surface area contributed by atoms with Crippen molar-refractivity contribution in [2.45, 2.75) is 13.0 Å². The van der Waals surface area contributed by atoms with Gasteiger partial charge in [-0.25, -0.2) is 4.39 Å². The second kappa shape index (κ2) is 7.47. The van der Waals surface area contributed by atoms with Gasteiger partial charge in [0.15, 0.2) is 0 Å². The quantitative estimate of drug-likeness (QED) is 0.845. The summed E-state index contributed by atoms with van der Waals surface area (Å²) >= 11 is 11.6. The Morgan fingerprint density at radius 1 is 1.14 bits per heavy atom. The highest BCUT2D eigenvalue weighted by atomic mass is 35.5. The molecule has 2 aromatic rings.